The molecule has 0 aliphatic heterocycles. The number of thioether (sulfide) groups is 1. The summed E-state index contributed by atoms with van der Waals surface area (Å²) in [5.74, 6) is 1.19. The molecule has 0 aliphatic rings. The maximum absolute atomic E-state index is 3.63. The minimum absolute atomic E-state index is 0.659. The number of nitrogens with one attached hydrogen (secondary N) is 1. The standard InChI is InChI=1S/C17H29NS/c1-4-6-7-8-12-16(18-5-2)14-19-17-13-10-9-11-15(17)3/h9-11,13,16,18H,4-8,12,14H2,1-3H3. The molecule has 1 N–H and O–H groups in total. The number of benzene rings is 1. The first-order chi connectivity index (χ1) is 9.27. The van der Waals surface area contributed by atoms with Crippen molar-refractivity contribution in [2.75, 3.05) is 12.3 Å². The van der Waals surface area contributed by atoms with E-state index in [1.807, 2.05) is 11.8 Å². The zero-order valence-corrected chi connectivity index (χ0v) is 13.6. The number of hydrogen-bond acceptors (Lipinski definition) is 2. The Morgan fingerprint density at radius 2 is 1.89 bits per heavy atom. The summed E-state index contributed by atoms with van der Waals surface area (Å²) in [6.07, 6.45) is 6.76. The van der Waals surface area contributed by atoms with E-state index in [4.69, 9.17) is 0 Å². The Morgan fingerprint density at radius 3 is 2.58 bits per heavy atom. The van der Waals surface area contributed by atoms with Crippen LogP contribution in [-0.4, -0.2) is 18.3 Å². The lowest BCUT2D eigenvalue weighted by Crippen LogP contribution is -2.31. The van der Waals surface area contributed by atoms with Crippen LogP contribution in [0.4, 0.5) is 0 Å². The van der Waals surface area contributed by atoms with Crippen molar-refractivity contribution in [2.24, 2.45) is 0 Å². The molecule has 1 atom stereocenters. The van der Waals surface area contributed by atoms with Crippen LogP contribution < -0.4 is 5.32 Å². The van der Waals surface area contributed by atoms with E-state index < -0.39 is 0 Å². The summed E-state index contributed by atoms with van der Waals surface area (Å²) in [6.45, 7) is 7.76. The Labute approximate surface area is 123 Å². The van der Waals surface area contributed by atoms with Crippen molar-refractivity contribution >= 4 is 11.8 Å². The second kappa shape index (κ2) is 10.3. The van der Waals surface area contributed by atoms with E-state index >= 15 is 0 Å². The first-order valence-corrected chi connectivity index (χ1v) is 8.68. The van der Waals surface area contributed by atoms with Gasteiger partial charge >= 0.3 is 0 Å². The molecule has 0 spiro atoms. The van der Waals surface area contributed by atoms with Crippen molar-refractivity contribution in [3.05, 3.63) is 29.8 Å². The van der Waals surface area contributed by atoms with Gasteiger partial charge in [-0.2, -0.15) is 0 Å². The molecule has 1 aromatic rings. The summed E-state index contributed by atoms with van der Waals surface area (Å²) in [5.41, 5.74) is 1.40. The molecular weight excluding hydrogens is 250 g/mol. The quantitative estimate of drug-likeness (QED) is 0.476. The molecule has 0 bridgehead atoms. The first kappa shape index (κ1) is 16.6. The lowest BCUT2D eigenvalue weighted by atomic mass is 10.1. The minimum Gasteiger partial charge on any atom is -0.313 e. The van der Waals surface area contributed by atoms with Crippen molar-refractivity contribution in [1.82, 2.24) is 5.32 Å². The fourth-order valence-electron chi connectivity index (χ4n) is 2.26. The molecule has 0 saturated heterocycles. The van der Waals surface area contributed by atoms with E-state index in [-0.39, 0.29) is 0 Å². The van der Waals surface area contributed by atoms with Gasteiger partial charge < -0.3 is 5.32 Å². The van der Waals surface area contributed by atoms with Gasteiger partial charge in [0.25, 0.3) is 0 Å². The Balaban J connectivity index is 2.34. The van der Waals surface area contributed by atoms with Crippen molar-refractivity contribution in [3.63, 3.8) is 0 Å². The molecule has 1 nitrogen and oxygen atoms in total. The van der Waals surface area contributed by atoms with Gasteiger partial charge in [-0.3, -0.25) is 0 Å². The fourth-order valence-corrected chi connectivity index (χ4v) is 3.40. The average Bonchev–Trinajstić information content (AvgIpc) is 2.42. The van der Waals surface area contributed by atoms with Gasteiger partial charge in [0.2, 0.25) is 0 Å². The number of hydrogen-bond donors (Lipinski definition) is 1. The summed E-state index contributed by atoms with van der Waals surface area (Å²) in [7, 11) is 0. The highest BCUT2D eigenvalue weighted by atomic mass is 32.2. The maximum atomic E-state index is 3.63. The van der Waals surface area contributed by atoms with E-state index in [1.54, 1.807) is 0 Å². The molecule has 19 heavy (non-hydrogen) atoms. The van der Waals surface area contributed by atoms with E-state index in [0.29, 0.717) is 6.04 Å². The van der Waals surface area contributed by atoms with Gasteiger partial charge in [-0.1, -0.05) is 57.7 Å². The van der Waals surface area contributed by atoms with Crippen LogP contribution in [-0.2, 0) is 0 Å². The molecule has 0 saturated carbocycles. The van der Waals surface area contributed by atoms with E-state index in [2.05, 4.69) is 50.4 Å². The van der Waals surface area contributed by atoms with Gasteiger partial charge in [-0.15, -0.1) is 11.8 Å². The summed E-state index contributed by atoms with van der Waals surface area (Å²) in [4.78, 5) is 1.43. The zero-order chi connectivity index (χ0) is 13.9. The van der Waals surface area contributed by atoms with Crippen LogP contribution in [0.25, 0.3) is 0 Å². The van der Waals surface area contributed by atoms with Gasteiger partial charge in [-0.05, 0) is 31.5 Å². The van der Waals surface area contributed by atoms with E-state index in [0.717, 1.165) is 6.54 Å². The van der Waals surface area contributed by atoms with Crippen LogP contribution >= 0.6 is 11.8 Å². The third-order valence-electron chi connectivity index (χ3n) is 3.43. The van der Waals surface area contributed by atoms with Gasteiger partial charge in [0.15, 0.2) is 0 Å². The van der Waals surface area contributed by atoms with E-state index in [9.17, 15) is 0 Å². The Bertz CT molecular complexity index is 338. The third kappa shape index (κ3) is 7.03. The largest absolute Gasteiger partial charge is 0.313 e. The average molecular weight is 279 g/mol. The second-order valence-corrected chi connectivity index (χ2v) is 6.24. The monoisotopic (exact) mass is 279 g/mol. The smallest absolute Gasteiger partial charge is 0.0161 e. The highest BCUT2D eigenvalue weighted by Gasteiger charge is 2.08. The molecule has 1 unspecified atom stereocenters. The number of unbranched alkanes of at least 4 members (excludes halogenated alkanes) is 3. The fraction of sp³-hybridized carbons (Fsp3) is 0.647. The molecule has 0 aromatic heterocycles. The predicted octanol–water partition coefficient (Wildman–Crippen LogP) is 5.04. The predicted molar refractivity (Wildman–Crippen MR) is 88.1 cm³/mol. The van der Waals surface area contributed by atoms with Crippen LogP contribution in [0.15, 0.2) is 29.2 Å². The van der Waals surface area contributed by atoms with Crippen LogP contribution in [0.1, 0.15) is 51.5 Å². The topological polar surface area (TPSA) is 12.0 Å². The molecule has 0 fully saturated rings. The van der Waals surface area contributed by atoms with Crippen LogP contribution in [0.5, 0.6) is 0 Å². The normalized spacial score (nSPS) is 12.6. The van der Waals surface area contributed by atoms with Crippen LogP contribution in [0.2, 0.25) is 0 Å². The molecular formula is C17H29NS. The first-order valence-electron chi connectivity index (χ1n) is 7.69. The lowest BCUT2D eigenvalue weighted by Gasteiger charge is -2.18. The molecule has 108 valence electrons. The van der Waals surface area contributed by atoms with Gasteiger partial charge in [-0.25, -0.2) is 0 Å². The number of rotatable bonds is 10. The van der Waals surface area contributed by atoms with Crippen molar-refractivity contribution < 1.29 is 0 Å². The van der Waals surface area contributed by atoms with Gasteiger partial charge in [0.05, 0.1) is 0 Å². The lowest BCUT2D eigenvalue weighted by molar-refractivity contribution is 0.500. The summed E-state index contributed by atoms with van der Waals surface area (Å²) >= 11 is 2.00. The molecule has 0 heterocycles. The Hall–Kier alpha value is -0.470. The summed E-state index contributed by atoms with van der Waals surface area (Å²) in [5, 5.41) is 3.63. The highest BCUT2D eigenvalue weighted by molar-refractivity contribution is 7.99. The molecule has 1 aromatic carbocycles. The molecule has 2 heteroatoms. The molecule has 1 rings (SSSR count). The highest BCUT2D eigenvalue weighted by Crippen LogP contribution is 2.23. The zero-order valence-electron chi connectivity index (χ0n) is 12.7. The molecule has 0 amide bonds. The van der Waals surface area contributed by atoms with E-state index in [1.165, 1.54) is 48.3 Å². The van der Waals surface area contributed by atoms with Crippen LogP contribution in [0.3, 0.4) is 0 Å². The van der Waals surface area contributed by atoms with Crippen molar-refractivity contribution in [3.8, 4) is 0 Å². The third-order valence-corrected chi connectivity index (χ3v) is 4.77. The second-order valence-electron chi connectivity index (χ2n) is 5.18. The van der Waals surface area contributed by atoms with Crippen molar-refractivity contribution in [1.29, 1.82) is 0 Å². The van der Waals surface area contributed by atoms with Crippen molar-refractivity contribution in [2.45, 2.75) is 63.8 Å². The van der Waals surface area contributed by atoms with Gasteiger partial charge in [0.1, 0.15) is 0 Å². The maximum Gasteiger partial charge on any atom is 0.0161 e. The van der Waals surface area contributed by atoms with Crippen LogP contribution in [0, 0.1) is 6.92 Å². The minimum atomic E-state index is 0.659. The summed E-state index contributed by atoms with van der Waals surface area (Å²) in [6, 6.07) is 9.35. The Kier molecular flexibility index (Phi) is 9.02. The summed E-state index contributed by atoms with van der Waals surface area (Å²) < 4.78 is 0. The SMILES string of the molecule is CCCCCCC(CSc1ccccc1C)NCC. The van der Waals surface area contributed by atoms with Gasteiger partial charge in [0, 0.05) is 16.7 Å². The Morgan fingerprint density at radius 1 is 1.11 bits per heavy atom. The number of aryl methyl sites for hydroxylation is 1. The molecule has 0 radical (unpaired) electrons. The molecule has 0 aliphatic carbocycles.